The lowest BCUT2D eigenvalue weighted by molar-refractivity contribution is -0.139. The van der Waals surface area contributed by atoms with Gasteiger partial charge in [0.2, 0.25) is 5.91 Å². The lowest BCUT2D eigenvalue weighted by atomic mass is 10.1. The van der Waals surface area contributed by atoms with E-state index in [9.17, 15) is 9.59 Å². The SMILES string of the molecule is CCCC(=O)N(CCC(=O)O)C1CCCCCC1. The van der Waals surface area contributed by atoms with E-state index in [0.717, 1.165) is 32.1 Å². The molecule has 0 unspecified atom stereocenters. The zero-order valence-corrected chi connectivity index (χ0v) is 11.4. The molecule has 4 heteroatoms. The number of carbonyl (C=O) groups excluding carboxylic acids is 1. The summed E-state index contributed by atoms with van der Waals surface area (Å²) in [6.07, 6.45) is 8.30. The Morgan fingerprint density at radius 3 is 2.22 bits per heavy atom. The number of hydrogen-bond acceptors (Lipinski definition) is 2. The molecule has 0 bridgehead atoms. The molecule has 1 aliphatic rings. The second kappa shape index (κ2) is 8.11. The lowest BCUT2D eigenvalue weighted by Crippen LogP contribution is -2.41. The van der Waals surface area contributed by atoms with Crippen LogP contribution < -0.4 is 0 Å². The maximum atomic E-state index is 12.1. The molecule has 0 radical (unpaired) electrons. The van der Waals surface area contributed by atoms with Crippen molar-refractivity contribution in [2.45, 2.75) is 70.8 Å². The van der Waals surface area contributed by atoms with Gasteiger partial charge in [0.25, 0.3) is 0 Å². The van der Waals surface area contributed by atoms with Crippen molar-refractivity contribution in [3.63, 3.8) is 0 Å². The van der Waals surface area contributed by atoms with Gasteiger partial charge in [-0.15, -0.1) is 0 Å². The lowest BCUT2D eigenvalue weighted by Gasteiger charge is -2.31. The van der Waals surface area contributed by atoms with Crippen LogP contribution in [0.4, 0.5) is 0 Å². The van der Waals surface area contributed by atoms with Crippen molar-refractivity contribution in [1.82, 2.24) is 4.90 Å². The number of hydrogen-bond donors (Lipinski definition) is 1. The van der Waals surface area contributed by atoms with Gasteiger partial charge < -0.3 is 10.0 Å². The summed E-state index contributed by atoms with van der Waals surface area (Å²) >= 11 is 0. The molecule has 0 aromatic rings. The number of carboxylic acid groups (broad SMARTS) is 1. The predicted octanol–water partition coefficient (Wildman–Crippen LogP) is 2.81. The molecule has 0 aromatic carbocycles. The Morgan fingerprint density at radius 2 is 1.72 bits per heavy atom. The highest BCUT2D eigenvalue weighted by Gasteiger charge is 2.24. The normalized spacial score (nSPS) is 17.2. The van der Waals surface area contributed by atoms with Crippen LogP contribution in [0.25, 0.3) is 0 Å². The van der Waals surface area contributed by atoms with Gasteiger partial charge in [-0.2, -0.15) is 0 Å². The summed E-state index contributed by atoms with van der Waals surface area (Å²) in [7, 11) is 0. The summed E-state index contributed by atoms with van der Waals surface area (Å²) in [6.45, 7) is 2.36. The average Bonchev–Trinajstić information content (AvgIpc) is 2.58. The second-order valence-electron chi connectivity index (χ2n) is 5.13. The molecule has 0 aliphatic heterocycles. The molecule has 104 valence electrons. The first-order valence-corrected chi connectivity index (χ1v) is 7.16. The Hall–Kier alpha value is -1.06. The second-order valence-corrected chi connectivity index (χ2v) is 5.13. The average molecular weight is 255 g/mol. The molecular weight excluding hydrogens is 230 g/mol. The van der Waals surface area contributed by atoms with E-state index in [0.29, 0.717) is 13.0 Å². The molecule has 0 aromatic heterocycles. The summed E-state index contributed by atoms with van der Waals surface area (Å²) in [5.74, 6) is -0.691. The molecule has 0 atom stereocenters. The van der Waals surface area contributed by atoms with Gasteiger partial charge in [-0.1, -0.05) is 32.6 Å². The van der Waals surface area contributed by atoms with Gasteiger partial charge >= 0.3 is 5.97 Å². The van der Waals surface area contributed by atoms with Gasteiger partial charge in [0.1, 0.15) is 0 Å². The summed E-state index contributed by atoms with van der Waals surface area (Å²) < 4.78 is 0. The van der Waals surface area contributed by atoms with E-state index in [1.165, 1.54) is 12.8 Å². The number of nitrogens with zero attached hydrogens (tertiary/aromatic N) is 1. The molecule has 18 heavy (non-hydrogen) atoms. The maximum Gasteiger partial charge on any atom is 0.305 e. The van der Waals surface area contributed by atoms with Crippen LogP contribution in [0.5, 0.6) is 0 Å². The predicted molar refractivity (Wildman–Crippen MR) is 70.4 cm³/mol. The van der Waals surface area contributed by atoms with Crippen LogP contribution in [-0.4, -0.2) is 34.5 Å². The standard InChI is InChI=1S/C14H25NO3/c1-2-7-13(16)15(11-10-14(17)18)12-8-5-3-4-6-9-12/h12H,2-11H2,1H3,(H,17,18). The number of amides is 1. The minimum Gasteiger partial charge on any atom is -0.481 e. The first kappa shape index (κ1) is 15.0. The van der Waals surface area contributed by atoms with Crippen LogP contribution in [-0.2, 0) is 9.59 Å². The van der Waals surface area contributed by atoms with Crippen molar-refractivity contribution in [2.24, 2.45) is 0 Å². The molecular formula is C14H25NO3. The smallest absolute Gasteiger partial charge is 0.305 e. The summed E-state index contributed by atoms with van der Waals surface area (Å²) in [5, 5.41) is 8.79. The topological polar surface area (TPSA) is 57.6 Å². The molecule has 1 aliphatic carbocycles. The number of carboxylic acids is 1. The molecule has 1 amide bonds. The molecule has 1 rings (SSSR count). The third kappa shape index (κ3) is 5.07. The summed E-state index contributed by atoms with van der Waals surface area (Å²) in [4.78, 5) is 24.6. The Balaban J connectivity index is 2.61. The van der Waals surface area contributed by atoms with Crippen LogP contribution in [0, 0.1) is 0 Å². The Kier molecular flexibility index (Phi) is 6.76. The Labute approximate surface area is 109 Å². The van der Waals surface area contributed by atoms with Crippen LogP contribution in [0.3, 0.4) is 0 Å². The van der Waals surface area contributed by atoms with Crippen molar-refractivity contribution in [3.8, 4) is 0 Å². The fraction of sp³-hybridized carbons (Fsp3) is 0.857. The van der Waals surface area contributed by atoms with Crippen molar-refractivity contribution in [3.05, 3.63) is 0 Å². The monoisotopic (exact) mass is 255 g/mol. The van der Waals surface area contributed by atoms with E-state index in [2.05, 4.69) is 0 Å². The highest BCUT2D eigenvalue weighted by atomic mass is 16.4. The van der Waals surface area contributed by atoms with Gasteiger partial charge in [0.15, 0.2) is 0 Å². The highest BCUT2D eigenvalue weighted by molar-refractivity contribution is 5.77. The van der Waals surface area contributed by atoms with Crippen molar-refractivity contribution >= 4 is 11.9 Å². The number of rotatable bonds is 6. The third-order valence-corrected chi connectivity index (χ3v) is 3.62. The van der Waals surface area contributed by atoms with Crippen LogP contribution >= 0.6 is 0 Å². The van der Waals surface area contributed by atoms with Gasteiger partial charge in [0, 0.05) is 19.0 Å². The van der Waals surface area contributed by atoms with Crippen molar-refractivity contribution in [1.29, 1.82) is 0 Å². The zero-order valence-electron chi connectivity index (χ0n) is 11.4. The quantitative estimate of drug-likeness (QED) is 0.742. The molecule has 1 N–H and O–H groups in total. The minimum atomic E-state index is -0.821. The van der Waals surface area contributed by atoms with Crippen LogP contribution in [0.1, 0.15) is 64.7 Å². The van der Waals surface area contributed by atoms with Gasteiger partial charge in [-0.25, -0.2) is 0 Å². The minimum absolute atomic E-state index is 0.0615. The highest BCUT2D eigenvalue weighted by Crippen LogP contribution is 2.23. The number of aliphatic carboxylic acids is 1. The molecule has 0 saturated heterocycles. The van der Waals surface area contributed by atoms with Crippen LogP contribution in [0.2, 0.25) is 0 Å². The maximum absolute atomic E-state index is 12.1. The van der Waals surface area contributed by atoms with E-state index in [1.54, 1.807) is 0 Å². The summed E-state index contributed by atoms with van der Waals surface area (Å²) in [6, 6.07) is 0.269. The van der Waals surface area contributed by atoms with Gasteiger partial charge in [0.05, 0.1) is 6.42 Å². The van der Waals surface area contributed by atoms with E-state index in [1.807, 2.05) is 11.8 Å². The molecule has 1 fully saturated rings. The fourth-order valence-electron chi connectivity index (χ4n) is 2.65. The third-order valence-electron chi connectivity index (χ3n) is 3.62. The van der Waals surface area contributed by atoms with E-state index < -0.39 is 5.97 Å². The van der Waals surface area contributed by atoms with E-state index in [-0.39, 0.29) is 18.4 Å². The molecule has 0 spiro atoms. The van der Waals surface area contributed by atoms with Crippen molar-refractivity contribution in [2.75, 3.05) is 6.54 Å². The molecule has 1 saturated carbocycles. The number of carbonyl (C=O) groups is 2. The Bertz CT molecular complexity index is 270. The first-order valence-electron chi connectivity index (χ1n) is 7.16. The van der Waals surface area contributed by atoms with E-state index >= 15 is 0 Å². The van der Waals surface area contributed by atoms with Gasteiger partial charge in [-0.3, -0.25) is 9.59 Å². The largest absolute Gasteiger partial charge is 0.481 e. The van der Waals surface area contributed by atoms with Crippen molar-refractivity contribution < 1.29 is 14.7 Å². The van der Waals surface area contributed by atoms with Crippen LogP contribution in [0.15, 0.2) is 0 Å². The summed E-state index contributed by atoms with van der Waals surface area (Å²) in [5.41, 5.74) is 0. The molecule has 0 heterocycles. The van der Waals surface area contributed by atoms with Gasteiger partial charge in [-0.05, 0) is 19.3 Å². The zero-order chi connectivity index (χ0) is 13.4. The fourth-order valence-corrected chi connectivity index (χ4v) is 2.65. The van der Waals surface area contributed by atoms with E-state index in [4.69, 9.17) is 5.11 Å². The first-order chi connectivity index (χ1) is 8.65. The Morgan fingerprint density at radius 1 is 1.11 bits per heavy atom. The molecule has 4 nitrogen and oxygen atoms in total.